The van der Waals surface area contributed by atoms with E-state index in [1.807, 2.05) is 6.92 Å². The zero-order chi connectivity index (χ0) is 13.0. The van der Waals surface area contributed by atoms with E-state index >= 15 is 0 Å². The summed E-state index contributed by atoms with van der Waals surface area (Å²) in [6, 6.07) is 1.77. The van der Waals surface area contributed by atoms with Crippen LogP contribution >= 0.6 is 0 Å². The fraction of sp³-hybridized carbons (Fsp3) is 0.400. The first kappa shape index (κ1) is 12.1. The van der Waals surface area contributed by atoms with E-state index in [1.165, 1.54) is 0 Å². The van der Waals surface area contributed by atoms with Crippen molar-refractivity contribution in [2.24, 2.45) is 0 Å². The molecule has 2 rings (SSSR count). The lowest BCUT2D eigenvalue weighted by molar-refractivity contribution is 0.379. The lowest BCUT2D eigenvalue weighted by atomic mass is 10.5. The minimum Gasteiger partial charge on any atom is -0.370 e. The van der Waals surface area contributed by atoms with E-state index in [9.17, 15) is 0 Å². The summed E-state index contributed by atoms with van der Waals surface area (Å²) >= 11 is 0. The van der Waals surface area contributed by atoms with Crippen molar-refractivity contribution < 1.29 is 4.52 Å². The second-order valence-corrected chi connectivity index (χ2v) is 3.62. The molecule has 0 atom stereocenters. The monoisotopic (exact) mass is 249 g/mol. The maximum Gasteiger partial charge on any atom is 0.245 e. The highest BCUT2D eigenvalue weighted by Crippen LogP contribution is 2.13. The number of nitrogens with zero attached hydrogens (tertiary/aromatic N) is 4. The summed E-state index contributed by atoms with van der Waals surface area (Å²) in [6.45, 7) is 4.90. The van der Waals surface area contributed by atoms with E-state index < -0.39 is 0 Å². The smallest absolute Gasteiger partial charge is 0.245 e. The van der Waals surface area contributed by atoms with Gasteiger partial charge in [0.25, 0.3) is 0 Å². The molecule has 0 aliphatic rings. The number of nitrogens with one attached hydrogen (secondary N) is 2. The van der Waals surface area contributed by atoms with Crippen molar-refractivity contribution in [1.29, 1.82) is 0 Å². The Morgan fingerprint density at radius 1 is 1.22 bits per heavy atom. The van der Waals surface area contributed by atoms with Gasteiger partial charge in [-0.1, -0.05) is 5.16 Å². The molecule has 2 heterocycles. The summed E-state index contributed by atoms with van der Waals surface area (Å²) < 4.78 is 4.98. The Kier molecular flexibility index (Phi) is 3.56. The molecule has 0 fully saturated rings. The maximum absolute atomic E-state index is 5.61. The van der Waals surface area contributed by atoms with Crippen LogP contribution < -0.4 is 16.4 Å². The average molecular weight is 249 g/mol. The van der Waals surface area contributed by atoms with Gasteiger partial charge in [0.1, 0.15) is 11.6 Å². The van der Waals surface area contributed by atoms with Crippen LogP contribution in [-0.2, 0) is 6.54 Å². The topological polar surface area (TPSA) is 115 Å². The third-order valence-corrected chi connectivity index (χ3v) is 2.09. The molecule has 0 saturated carbocycles. The minimum atomic E-state index is 0.206. The fourth-order valence-electron chi connectivity index (χ4n) is 1.41. The normalized spacial score (nSPS) is 10.3. The summed E-state index contributed by atoms with van der Waals surface area (Å²) in [5.41, 5.74) is 5.61. The Morgan fingerprint density at radius 2 is 1.94 bits per heavy atom. The number of anilines is 3. The van der Waals surface area contributed by atoms with E-state index in [0.717, 1.165) is 6.54 Å². The highest BCUT2D eigenvalue weighted by atomic mass is 16.5. The maximum atomic E-state index is 5.61. The third-order valence-electron chi connectivity index (χ3n) is 2.09. The van der Waals surface area contributed by atoms with Crippen LogP contribution in [0.3, 0.4) is 0 Å². The van der Waals surface area contributed by atoms with Crippen LogP contribution in [-0.4, -0.2) is 26.7 Å². The van der Waals surface area contributed by atoms with E-state index in [2.05, 4.69) is 30.7 Å². The molecule has 96 valence electrons. The van der Waals surface area contributed by atoms with Crippen LogP contribution in [0.2, 0.25) is 0 Å². The molecule has 8 nitrogen and oxygen atoms in total. The van der Waals surface area contributed by atoms with Gasteiger partial charge in [-0.3, -0.25) is 0 Å². The largest absolute Gasteiger partial charge is 0.370 e. The molecule has 0 aromatic carbocycles. The SMILES string of the molecule is CCNc1cc(NCc2nc(C)no2)nc(N)n1. The minimum absolute atomic E-state index is 0.206. The van der Waals surface area contributed by atoms with Gasteiger partial charge in [0.2, 0.25) is 11.8 Å². The van der Waals surface area contributed by atoms with E-state index in [1.54, 1.807) is 13.0 Å². The first-order valence-corrected chi connectivity index (χ1v) is 5.59. The van der Waals surface area contributed by atoms with Gasteiger partial charge in [-0.15, -0.1) is 0 Å². The molecule has 0 unspecified atom stereocenters. The van der Waals surface area contributed by atoms with Gasteiger partial charge in [-0.05, 0) is 13.8 Å². The summed E-state index contributed by atoms with van der Waals surface area (Å²) in [4.78, 5) is 12.2. The third kappa shape index (κ3) is 3.06. The second-order valence-electron chi connectivity index (χ2n) is 3.62. The molecule has 2 aromatic heterocycles. The number of hydrogen-bond acceptors (Lipinski definition) is 8. The van der Waals surface area contributed by atoms with Crippen molar-refractivity contribution >= 4 is 17.6 Å². The van der Waals surface area contributed by atoms with Crippen molar-refractivity contribution in [3.8, 4) is 0 Å². The Balaban J connectivity index is 2.04. The molecule has 0 aliphatic carbocycles. The molecule has 0 spiro atoms. The predicted molar refractivity (Wildman–Crippen MR) is 67.0 cm³/mol. The van der Waals surface area contributed by atoms with E-state index in [0.29, 0.717) is 29.9 Å². The van der Waals surface area contributed by atoms with Gasteiger partial charge >= 0.3 is 0 Å². The number of rotatable bonds is 5. The first-order chi connectivity index (χ1) is 8.67. The molecular formula is C10H15N7O. The van der Waals surface area contributed by atoms with Crippen LogP contribution in [0.25, 0.3) is 0 Å². The van der Waals surface area contributed by atoms with E-state index in [4.69, 9.17) is 10.3 Å². The quantitative estimate of drug-likeness (QED) is 0.712. The molecule has 0 amide bonds. The summed E-state index contributed by atoms with van der Waals surface area (Å²) in [6.07, 6.45) is 0. The lowest BCUT2D eigenvalue weighted by Crippen LogP contribution is -2.08. The molecule has 2 aromatic rings. The standard InChI is InChI=1S/C10H15N7O/c1-3-12-7-4-8(16-10(11)15-7)13-5-9-14-6(2)17-18-9/h4H,3,5H2,1-2H3,(H4,11,12,13,15,16). The summed E-state index contributed by atoms with van der Waals surface area (Å²) in [5.74, 6) is 2.58. The molecular weight excluding hydrogens is 234 g/mol. The molecule has 0 radical (unpaired) electrons. The van der Waals surface area contributed by atoms with Crippen molar-refractivity contribution in [3.05, 3.63) is 17.8 Å². The molecule has 18 heavy (non-hydrogen) atoms. The number of aromatic nitrogens is 4. The highest BCUT2D eigenvalue weighted by molar-refractivity contribution is 5.50. The van der Waals surface area contributed by atoms with Gasteiger partial charge in [0.05, 0.1) is 6.54 Å². The second kappa shape index (κ2) is 5.30. The highest BCUT2D eigenvalue weighted by Gasteiger charge is 2.05. The Hall–Kier alpha value is -2.38. The number of nitrogen functional groups attached to an aromatic ring is 1. The fourth-order valence-corrected chi connectivity index (χ4v) is 1.41. The molecule has 0 aliphatic heterocycles. The van der Waals surface area contributed by atoms with Crippen molar-refractivity contribution in [3.63, 3.8) is 0 Å². The number of aryl methyl sites for hydroxylation is 1. The Morgan fingerprint density at radius 3 is 2.56 bits per heavy atom. The van der Waals surface area contributed by atoms with Crippen LogP contribution in [0.15, 0.2) is 10.6 Å². The van der Waals surface area contributed by atoms with Gasteiger partial charge < -0.3 is 20.9 Å². The number of nitrogens with two attached hydrogens (primary N) is 1. The zero-order valence-corrected chi connectivity index (χ0v) is 10.3. The summed E-state index contributed by atoms with van der Waals surface area (Å²) in [5, 5.41) is 9.81. The zero-order valence-electron chi connectivity index (χ0n) is 10.3. The first-order valence-electron chi connectivity index (χ1n) is 5.59. The van der Waals surface area contributed by atoms with Gasteiger partial charge in [0.15, 0.2) is 5.82 Å². The Bertz CT molecular complexity index is 525. The van der Waals surface area contributed by atoms with E-state index in [-0.39, 0.29) is 5.95 Å². The van der Waals surface area contributed by atoms with Crippen molar-refractivity contribution in [1.82, 2.24) is 20.1 Å². The molecule has 0 saturated heterocycles. The Labute approximate surface area is 104 Å². The van der Waals surface area contributed by atoms with Crippen LogP contribution in [0, 0.1) is 6.92 Å². The van der Waals surface area contributed by atoms with Gasteiger partial charge in [-0.25, -0.2) is 0 Å². The van der Waals surface area contributed by atoms with Gasteiger partial charge in [0, 0.05) is 12.6 Å². The van der Waals surface area contributed by atoms with Crippen LogP contribution in [0.4, 0.5) is 17.6 Å². The molecule has 0 bridgehead atoms. The average Bonchev–Trinajstić information content (AvgIpc) is 2.72. The van der Waals surface area contributed by atoms with Gasteiger partial charge in [-0.2, -0.15) is 15.0 Å². The van der Waals surface area contributed by atoms with Crippen LogP contribution in [0.5, 0.6) is 0 Å². The van der Waals surface area contributed by atoms with Crippen molar-refractivity contribution in [2.45, 2.75) is 20.4 Å². The molecule has 8 heteroatoms. The summed E-state index contributed by atoms with van der Waals surface area (Å²) in [7, 11) is 0. The number of hydrogen-bond donors (Lipinski definition) is 3. The van der Waals surface area contributed by atoms with Crippen LogP contribution in [0.1, 0.15) is 18.6 Å². The van der Waals surface area contributed by atoms with Crippen molar-refractivity contribution in [2.75, 3.05) is 22.9 Å². The molecule has 4 N–H and O–H groups in total. The lowest BCUT2D eigenvalue weighted by Gasteiger charge is -2.07. The predicted octanol–water partition coefficient (Wildman–Crippen LogP) is 0.794.